The van der Waals surface area contributed by atoms with Gasteiger partial charge in [0.2, 0.25) is 11.8 Å². The lowest BCUT2D eigenvalue weighted by Gasteiger charge is -2.12. The van der Waals surface area contributed by atoms with Crippen LogP contribution in [0.3, 0.4) is 0 Å². The van der Waals surface area contributed by atoms with E-state index in [-0.39, 0.29) is 40.4 Å². The SMILES string of the molecule is CCCc1nn(-c2nc(OC)cc(OC)n2)c(=O)n1NS(=O)(=O)c1ccccc1C(=O)OC. The summed E-state index contributed by atoms with van der Waals surface area (Å²) in [7, 11) is -0.499. The fourth-order valence-electron chi connectivity index (χ4n) is 2.86. The molecule has 0 amide bonds. The second-order valence-corrected chi connectivity index (χ2v) is 8.16. The predicted molar refractivity (Wildman–Crippen MR) is 115 cm³/mol. The standard InChI is InChI=1S/C19H22N6O7S/c1-5-8-14-22-25(18-20-15(30-2)11-16(21-18)31-3)19(27)24(14)23-33(28,29)13-10-7-6-9-12(13)17(26)32-4/h6-7,9-11,23H,5,8H2,1-4H3. The molecule has 0 saturated heterocycles. The zero-order chi connectivity index (χ0) is 24.2. The van der Waals surface area contributed by atoms with Crippen molar-refractivity contribution in [1.82, 2.24) is 24.4 Å². The van der Waals surface area contributed by atoms with E-state index in [1.54, 1.807) is 0 Å². The molecule has 176 valence electrons. The van der Waals surface area contributed by atoms with E-state index in [0.717, 1.165) is 16.5 Å². The highest BCUT2D eigenvalue weighted by Crippen LogP contribution is 2.18. The zero-order valence-corrected chi connectivity index (χ0v) is 19.1. The molecule has 1 aromatic carbocycles. The Labute approximate surface area is 189 Å². The van der Waals surface area contributed by atoms with Crippen LogP contribution in [0.4, 0.5) is 0 Å². The molecule has 1 N–H and O–H groups in total. The molecule has 0 spiro atoms. The first-order valence-corrected chi connectivity index (χ1v) is 11.1. The average Bonchev–Trinajstić information content (AvgIpc) is 3.12. The van der Waals surface area contributed by atoms with E-state index >= 15 is 0 Å². The predicted octanol–water partition coefficient (Wildman–Crippen LogP) is 0.513. The lowest BCUT2D eigenvalue weighted by molar-refractivity contribution is 0.0596. The summed E-state index contributed by atoms with van der Waals surface area (Å²) in [5, 5.41) is 4.18. The van der Waals surface area contributed by atoms with Gasteiger partial charge in [-0.3, -0.25) is 0 Å². The molecular weight excluding hydrogens is 456 g/mol. The molecule has 0 atom stereocenters. The maximum absolute atomic E-state index is 13.1. The Hall–Kier alpha value is -3.94. The van der Waals surface area contributed by atoms with Crippen LogP contribution >= 0.6 is 0 Å². The van der Waals surface area contributed by atoms with Crippen molar-refractivity contribution in [3.05, 3.63) is 52.2 Å². The highest BCUT2D eigenvalue weighted by molar-refractivity contribution is 7.92. The molecule has 0 aliphatic heterocycles. The van der Waals surface area contributed by atoms with Crippen molar-refractivity contribution in [3.63, 3.8) is 0 Å². The van der Waals surface area contributed by atoms with Crippen LogP contribution in [0.5, 0.6) is 11.8 Å². The van der Waals surface area contributed by atoms with Crippen molar-refractivity contribution in [1.29, 1.82) is 0 Å². The maximum Gasteiger partial charge on any atom is 0.373 e. The summed E-state index contributed by atoms with van der Waals surface area (Å²) >= 11 is 0. The Kier molecular flexibility index (Phi) is 6.96. The van der Waals surface area contributed by atoms with E-state index in [9.17, 15) is 18.0 Å². The number of nitrogens with zero attached hydrogens (tertiary/aromatic N) is 5. The molecule has 33 heavy (non-hydrogen) atoms. The summed E-state index contributed by atoms with van der Waals surface area (Å²) in [6.45, 7) is 1.83. The first-order valence-electron chi connectivity index (χ1n) is 9.64. The van der Waals surface area contributed by atoms with Gasteiger partial charge in [-0.25, -0.2) is 14.4 Å². The first-order chi connectivity index (χ1) is 15.7. The number of aryl methyl sites for hydroxylation is 1. The topological polar surface area (TPSA) is 157 Å². The van der Waals surface area contributed by atoms with Gasteiger partial charge in [-0.05, 0) is 18.6 Å². The van der Waals surface area contributed by atoms with Gasteiger partial charge in [0, 0.05) is 6.42 Å². The van der Waals surface area contributed by atoms with Gasteiger partial charge in [-0.1, -0.05) is 19.1 Å². The van der Waals surface area contributed by atoms with Crippen LogP contribution in [0.2, 0.25) is 0 Å². The van der Waals surface area contributed by atoms with Crippen LogP contribution in [0, 0.1) is 0 Å². The van der Waals surface area contributed by atoms with Crippen LogP contribution in [-0.4, -0.2) is 60.1 Å². The monoisotopic (exact) mass is 478 g/mol. The van der Waals surface area contributed by atoms with Crippen molar-refractivity contribution in [2.24, 2.45) is 0 Å². The number of aromatic nitrogens is 5. The Morgan fingerprint density at radius 3 is 2.30 bits per heavy atom. The number of carbonyl (C=O) groups excluding carboxylic acids is 1. The van der Waals surface area contributed by atoms with Crippen LogP contribution in [0.25, 0.3) is 5.95 Å². The third-order valence-electron chi connectivity index (χ3n) is 4.39. The van der Waals surface area contributed by atoms with Crippen molar-refractivity contribution in [2.75, 3.05) is 26.2 Å². The molecule has 3 rings (SSSR count). The van der Waals surface area contributed by atoms with Gasteiger partial charge in [-0.2, -0.15) is 23.1 Å². The largest absolute Gasteiger partial charge is 0.481 e. The second kappa shape index (κ2) is 9.68. The molecule has 13 nitrogen and oxygen atoms in total. The minimum absolute atomic E-state index is 0.104. The molecule has 0 radical (unpaired) electrons. The van der Waals surface area contributed by atoms with Gasteiger partial charge in [0.15, 0.2) is 5.82 Å². The Bertz CT molecular complexity index is 1310. The van der Waals surface area contributed by atoms with Crippen molar-refractivity contribution in [3.8, 4) is 17.7 Å². The Morgan fingerprint density at radius 1 is 1.09 bits per heavy atom. The molecule has 0 unspecified atom stereocenters. The Morgan fingerprint density at radius 2 is 1.73 bits per heavy atom. The van der Waals surface area contributed by atoms with Crippen LogP contribution in [-0.2, 0) is 21.2 Å². The molecule has 0 fully saturated rings. The fraction of sp³-hybridized carbons (Fsp3) is 0.316. The van der Waals surface area contributed by atoms with Gasteiger partial charge < -0.3 is 14.2 Å². The van der Waals surface area contributed by atoms with Gasteiger partial charge in [0.1, 0.15) is 4.90 Å². The smallest absolute Gasteiger partial charge is 0.373 e. The van der Waals surface area contributed by atoms with Gasteiger partial charge in [0.25, 0.3) is 16.0 Å². The number of sulfonamides is 1. The summed E-state index contributed by atoms with van der Waals surface area (Å²) in [6.07, 6.45) is 0.809. The van der Waals surface area contributed by atoms with Crippen molar-refractivity contribution in [2.45, 2.75) is 24.7 Å². The highest BCUT2D eigenvalue weighted by atomic mass is 32.2. The number of methoxy groups -OCH3 is 3. The second-order valence-electron chi connectivity index (χ2n) is 6.53. The molecule has 0 aliphatic rings. The Balaban J connectivity index is 2.13. The van der Waals surface area contributed by atoms with Gasteiger partial charge in [0.05, 0.1) is 33.0 Å². The van der Waals surface area contributed by atoms with Crippen LogP contribution < -0.4 is 20.0 Å². The van der Waals surface area contributed by atoms with Crippen LogP contribution in [0.1, 0.15) is 29.5 Å². The van der Waals surface area contributed by atoms with Gasteiger partial charge in [-0.15, -0.1) is 9.78 Å². The molecular formula is C19H22N6O7S. The number of rotatable bonds is 9. The normalized spacial score (nSPS) is 11.2. The average molecular weight is 478 g/mol. The number of carbonyl (C=O) groups is 1. The summed E-state index contributed by atoms with van der Waals surface area (Å²) in [5.41, 5.74) is -1.07. The maximum atomic E-state index is 13.1. The molecule has 3 aromatic rings. The first kappa shape index (κ1) is 23.7. The third-order valence-corrected chi connectivity index (χ3v) is 5.75. The fourth-order valence-corrected chi connectivity index (χ4v) is 4.08. The summed E-state index contributed by atoms with van der Waals surface area (Å²) in [4.78, 5) is 35.2. The molecule has 0 saturated carbocycles. The molecule has 0 bridgehead atoms. The summed E-state index contributed by atoms with van der Waals surface area (Å²) in [5.74, 6) is -0.691. The number of hydrogen-bond donors (Lipinski definition) is 1. The van der Waals surface area contributed by atoms with Crippen LogP contribution in [0.15, 0.2) is 40.0 Å². The number of benzene rings is 1. The lowest BCUT2D eigenvalue weighted by Crippen LogP contribution is -2.36. The zero-order valence-electron chi connectivity index (χ0n) is 18.3. The summed E-state index contributed by atoms with van der Waals surface area (Å²) < 4.78 is 42.7. The number of nitrogens with one attached hydrogen (secondary N) is 1. The van der Waals surface area contributed by atoms with E-state index in [4.69, 9.17) is 9.47 Å². The van der Waals surface area contributed by atoms with E-state index in [2.05, 4.69) is 24.6 Å². The third kappa shape index (κ3) is 4.79. The highest BCUT2D eigenvalue weighted by Gasteiger charge is 2.26. The van der Waals surface area contributed by atoms with E-state index in [0.29, 0.717) is 6.42 Å². The summed E-state index contributed by atoms with van der Waals surface area (Å²) in [6, 6.07) is 6.86. The molecule has 2 aromatic heterocycles. The minimum atomic E-state index is -4.39. The van der Waals surface area contributed by atoms with Crippen molar-refractivity contribution < 1.29 is 27.4 Å². The van der Waals surface area contributed by atoms with E-state index in [1.165, 1.54) is 44.6 Å². The molecule has 2 heterocycles. The van der Waals surface area contributed by atoms with E-state index in [1.807, 2.05) is 6.92 Å². The number of esters is 1. The lowest BCUT2D eigenvalue weighted by atomic mass is 10.2. The molecule has 14 heteroatoms. The number of hydrogen-bond acceptors (Lipinski definition) is 10. The van der Waals surface area contributed by atoms with E-state index < -0.39 is 21.7 Å². The van der Waals surface area contributed by atoms with Crippen molar-refractivity contribution >= 4 is 16.0 Å². The quantitative estimate of drug-likeness (QED) is 0.430. The minimum Gasteiger partial charge on any atom is -0.481 e. The molecule has 0 aliphatic carbocycles. The number of ether oxygens (including phenoxy) is 3. The van der Waals surface area contributed by atoms with Gasteiger partial charge >= 0.3 is 11.7 Å².